The summed E-state index contributed by atoms with van der Waals surface area (Å²) in [5, 5.41) is 0. The highest BCUT2D eigenvalue weighted by atomic mass is 19.4. The van der Waals surface area contributed by atoms with E-state index in [2.05, 4.69) is 0 Å². The predicted molar refractivity (Wildman–Crippen MR) is 56.1 cm³/mol. The van der Waals surface area contributed by atoms with Crippen molar-refractivity contribution in [3.8, 4) is 0 Å². The maximum absolute atomic E-state index is 12.1. The van der Waals surface area contributed by atoms with Crippen LogP contribution >= 0.6 is 0 Å². The molecular weight excluding hydrogens is 233 g/mol. The van der Waals surface area contributed by atoms with Gasteiger partial charge in [0.1, 0.15) is 6.42 Å². The Labute approximate surface area is 98.1 Å². The zero-order valence-electron chi connectivity index (χ0n) is 9.54. The first kappa shape index (κ1) is 12.7. The van der Waals surface area contributed by atoms with Gasteiger partial charge in [0.05, 0.1) is 0 Å². The lowest BCUT2D eigenvalue weighted by Crippen LogP contribution is -2.38. The predicted octanol–water partition coefficient (Wildman–Crippen LogP) is 1.52. The highest BCUT2D eigenvalue weighted by Crippen LogP contribution is 2.36. The number of carbonyl (C=O) groups is 1. The molecule has 98 valence electrons. The Balaban J connectivity index is 1.95. The summed E-state index contributed by atoms with van der Waals surface area (Å²) < 4.78 is 36.4. The summed E-state index contributed by atoms with van der Waals surface area (Å²) in [6.45, 7) is 0.855. The molecule has 2 aliphatic rings. The Morgan fingerprint density at radius 3 is 2.59 bits per heavy atom. The van der Waals surface area contributed by atoms with Crippen LogP contribution in [0.15, 0.2) is 0 Å². The van der Waals surface area contributed by atoms with Crippen molar-refractivity contribution in [3.05, 3.63) is 0 Å². The highest BCUT2D eigenvalue weighted by molar-refractivity contribution is 5.77. The molecule has 0 bridgehead atoms. The molecule has 6 heteroatoms. The second-order valence-electron chi connectivity index (χ2n) is 5.11. The maximum atomic E-state index is 12.1. The van der Waals surface area contributed by atoms with E-state index >= 15 is 0 Å². The minimum Gasteiger partial charge on any atom is -0.342 e. The second kappa shape index (κ2) is 4.48. The van der Waals surface area contributed by atoms with Gasteiger partial charge < -0.3 is 10.6 Å². The number of hydrogen-bond donors (Lipinski definition) is 1. The van der Waals surface area contributed by atoms with Gasteiger partial charge >= 0.3 is 6.18 Å². The summed E-state index contributed by atoms with van der Waals surface area (Å²) >= 11 is 0. The van der Waals surface area contributed by atoms with Crippen LogP contribution in [0.25, 0.3) is 0 Å². The van der Waals surface area contributed by atoms with Crippen LogP contribution in [0.4, 0.5) is 13.2 Å². The number of rotatable bonds is 1. The smallest absolute Gasteiger partial charge is 0.342 e. The number of fused-ring (bicyclic) bond motifs is 1. The summed E-state index contributed by atoms with van der Waals surface area (Å²) in [7, 11) is 0. The Morgan fingerprint density at radius 2 is 2.00 bits per heavy atom. The number of amides is 1. The number of halogens is 3. The Hall–Kier alpha value is -0.780. The van der Waals surface area contributed by atoms with E-state index in [1.807, 2.05) is 0 Å². The molecule has 1 aliphatic carbocycles. The van der Waals surface area contributed by atoms with E-state index in [9.17, 15) is 18.0 Å². The van der Waals surface area contributed by atoms with Crippen LogP contribution in [-0.2, 0) is 4.79 Å². The number of nitrogens with zero attached hydrogens (tertiary/aromatic N) is 1. The average Bonchev–Trinajstić information content (AvgIpc) is 2.60. The van der Waals surface area contributed by atoms with Crippen molar-refractivity contribution in [1.82, 2.24) is 4.90 Å². The monoisotopic (exact) mass is 250 g/mol. The third-order valence-corrected chi connectivity index (χ3v) is 3.86. The second-order valence-corrected chi connectivity index (χ2v) is 5.11. The van der Waals surface area contributed by atoms with Crippen LogP contribution in [0.5, 0.6) is 0 Å². The van der Waals surface area contributed by atoms with Gasteiger partial charge in [-0.2, -0.15) is 13.2 Å². The van der Waals surface area contributed by atoms with Crippen LogP contribution < -0.4 is 5.73 Å². The van der Waals surface area contributed by atoms with Crippen LogP contribution in [0, 0.1) is 11.8 Å². The van der Waals surface area contributed by atoms with E-state index in [4.69, 9.17) is 5.73 Å². The zero-order valence-corrected chi connectivity index (χ0v) is 9.54. The Morgan fingerprint density at radius 1 is 1.29 bits per heavy atom. The molecule has 2 N–H and O–H groups in total. The van der Waals surface area contributed by atoms with Crippen molar-refractivity contribution in [2.75, 3.05) is 13.1 Å². The summed E-state index contributed by atoms with van der Waals surface area (Å²) in [5.41, 5.74) is 5.95. The van der Waals surface area contributed by atoms with Crippen molar-refractivity contribution >= 4 is 5.91 Å². The first-order chi connectivity index (χ1) is 7.87. The SMILES string of the molecule is NC1CCCC2CN(C(=O)CC(F)(F)F)CC12. The molecule has 1 aliphatic heterocycles. The molecule has 1 saturated carbocycles. The molecular formula is C11H17F3N2O. The molecule has 0 aromatic carbocycles. The van der Waals surface area contributed by atoms with Gasteiger partial charge in [0.25, 0.3) is 0 Å². The summed E-state index contributed by atoms with van der Waals surface area (Å²) in [5.74, 6) is -0.309. The number of likely N-dealkylation sites (tertiary alicyclic amines) is 1. The van der Waals surface area contributed by atoms with Crippen LogP contribution in [-0.4, -0.2) is 36.1 Å². The third kappa shape index (κ3) is 2.91. The summed E-state index contributed by atoms with van der Waals surface area (Å²) in [6.07, 6.45) is -2.84. The molecule has 0 radical (unpaired) electrons. The molecule has 0 spiro atoms. The fourth-order valence-corrected chi connectivity index (χ4v) is 3.00. The fraction of sp³-hybridized carbons (Fsp3) is 0.909. The number of carbonyl (C=O) groups excluding carboxylic acids is 1. The van der Waals surface area contributed by atoms with Gasteiger partial charge in [0.15, 0.2) is 0 Å². The van der Waals surface area contributed by atoms with E-state index < -0.39 is 18.5 Å². The lowest BCUT2D eigenvalue weighted by Gasteiger charge is -2.29. The molecule has 3 unspecified atom stereocenters. The molecule has 1 amide bonds. The van der Waals surface area contributed by atoms with Crippen molar-refractivity contribution in [2.24, 2.45) is 17.6 Å². The van der Waals surface area contributed by atoms with Gasteiger partial charge in [-0.25, -0.2) is 0 Å². The molecule has 0 aromatic rings. The van der Waals surface area contributed by atoms with Crippen molar-refractivity contribution in [1.29, 1.82) is 0 Å². The van der Waals surface area contributed by atoms with Gasteiger partial charge in [-0.05, 0) is 24.7 Å². The van der Waals surface area contributed by atoms with E-state index in [1.165, 1.54) is 4.90 Å². The first-order valence-electron chi connectivity index (χ1n) is 5.97. The Kier molecular flexibility index (Phi) is 3.34. The van der Waals surface area contributed by atoms with E-state index in [0.717, 1.165) is 19.3 Å². The van der Waals surface area contributed by atoms with E-state index in [1.54, 1.807) is 0 Å². The zero-order chi connectivity index (χ0) is 12.6. The van der Waals surface area contributed by atoms with Crippen molar-refractivity contribution in [3.63, 3.8) is 0 Å². The molecule has 3 atom stereocenters. The lowest BCUT2D eigenvalue weighted by atomic mass is 9.78. The first-order valence-corrected chi connectivity index (χ1v) is 5.97. The van der Waals surface area contributed by atoms with E-state index in [0.29, 0.717) is 19.0 Å². The van der Waals surface area contributed by atoms with Crippen molar-refractivity contribution < 1.29 is 18.0 Å². The maximum Gasteiger partial charge on any atom is 0.397 e. The number of hydrogen-bond acceptors (Lipinski definition) is 2. The minimum atomic E-state index is -4.41. The van der Waals surface area contributed by atoms with Gasteiger partial charge in [-0.1, -0.05) is 6.42 Å². The van der Waals surface area contributed by atoms with Gasteiger partial charge in [-0.3, -0.25) is 4.79 Å². The quantitative estimate of drug-likeness (QED) is 0.767. The Bertz CT molecular complexity index is 306. The fourth-order valence-electron chi connectivity index (χ4n) is 3.00. The lowest BCUT2D eigenvalue weighted by molar-refractivity contribution is -0.160. The summed E-state index contributed by atoms with van der Waals surface area (Å²) in [4.78, 5) is 12.8. The van der Waals surface area contributed by atoms with Gasteiger partial charge in [0, 0.05) is 19.1 Å². The number of nitrogens with two attached hydrogens (primary N) is 1. The molecule has 2 rings (SSSR count). The van der Waals surface area contributed by atoms with Crippen molar-refractivity contribution in [2.45, 2.75) is 37.9 Å². The molecule has 2 fully saturated rings. The summed E-state index contributed by atoms with van der Waals surface area (Å²) in [6, 6.07) is 0.0393. The largest absolute Gasteiger partial charge is 0.397 e. The van der Waals surface area contributed by atoms with E-state index in [-0.39, 0.29) is 12.0 Å². The van der Waals surface area contributed by atoms with Gasteiger partial charge in [-0.15, -0.1) is 0 Å². The molecule has 3 nitrogen and oxygen atoms in total. The molecule has 0 aromatic heterocycles. The van der Waals surface area contributed by atoms with Gasteiger partial charge in [0.2, 0.25) is 5.91 Å². The topological polar surface area (TPSA) is 46.3 Å². The van der Waals surface area contributed by atoms with Crippen LogP contribution in [0.3, 0.4) is 0 Å². The minimum absolute atomic E-state index is 0.0393. The third-order valence-electron chi connectivity index (χ3n) is 3.86. The highest BCUT2D eigenvalue weighted by Gasteiger charge is 2.42. The molecule has 1 heterocycles. The average molecular weight is 250 g/mol. The van der Waals surface area contributed by atoms with Crippen LogP contribution in [0.1, 0.15) is 25.7 Å². The number of alkyl halides is 3. The molecule has 1 saturated heterocycles. The normalized spacial score (nSPS) is 33.6. The molecule has 17 heavy (non-hydrogen) atoms. The van der Waals surface area contributed by atoms with Crippen LogP contribution in [0.2, 0.25) is 0 Å². The standard InChI is InChI=1S/C11H17F3N2O/c12-11(13,14)4-10(17)16-5-7-2-1-3-9(15)8(7)6-16/h7-9H,1-6,15H2.